The maximum absolute atomic E-state index is 13.1. The molecule has 4 aromatic rings. The Morgan fingerprint density at radius 3 is 2.47 bits per heavy atom. The first kappa shape index (κ1) is 37.8. The lowest BCUT2D eigenvalue weighted by Gasteiger charge is -2.36. The minimum Gasteiger partial charge on any atom is -0.484 e. The second-order valence-corrected chi connectivity index (χ2v) is 15.0. The van der Waals surface area contributed by atoms with Gasteiger partial charge in [0.25, 0.3) is 11.8 Å². The van der Waals surface area contributed by atoms with Crippen molar-refractivity contribution >= 4 is 52.0 Å². The fraction of sp³-hybridized carbons (Fsp3) is 0.463. The topological polar surface area (TPSA) is 154 Å². The molecule has 1 atom stereocenters. The standard InChI is InChI=1S/C41H51N9O5/c1-27-9-14-32(24-34(27)33-15-16-36(51)45-39(33)53)55-26-37(52)42-17-6-18-48-19-21-49(22-20-48)30-12-10-29(11-13-30)44-41-43-25-28-23-35(40(54)47(2)3)50(38(28)46-41)31-7-4-5-8-31/h9-14,23-25,31,33H,4-8,15-22,26H2,1-3H3,(H,42,52)(H,43,44,46)(H,45,51,53). The summed E-state index contributed by atoms with van der Waals surface area (Å²) >= 11 is 0. The molecular formula is C41H51N9O5. The second kappa shape index (κ2) is 16.9. The van der Waals surface area contributed by atoms with Crippen molar-refractivity contribution in [1.82, 2.24) is 35.0 Å². The van der Waals surface area contributed by atoms with Gasteiger partial charge in [0.05, 0.1) is 5.92 Å². The van der Waals surface area contributed by atoms with E-state index in [0.717, 1.165) is 98.4 Å². The monoisotopic (exact) mass is 749 g/mol. The lowest BCUT2D eigenvalue weighted by atomic mass is 9.88. The highest BCUT2D eigenvalue weighted by Gasteiger charge is 2.30. The van der Waals surface area contributed by atoms with Crippen molar-refractivity contribution in [3.63, 3.8) is 0 Å². The molecule has 0 bridgehead atoms. The van der Waals surface area contributed by atoms with Crippen LogP contribution in [-0.4, -0.2) is 108 Å². The Hall–Kier alpha value is -5.50. The molecule has 3 N–H and O–H groups in total. The van der Waals surface area contributed by atoms with Crippen molar-refractivity contribution in [2.75, 3.05) is 70.2 Å². The Kier molecular flexibility index (Phi) is 11.6. The summed E-state index contributed by atoms with van der Waals surface area (Å²) in [4.78, 5) is 65.4. The normalized spacial score (nSPS) is 18.0. The van der Waals surface area contributed by atoms with Crippen LogP contribution in [0.15, 0.2) is 54.7 Å². The predicted molar refractivity (Wildman–Crippen MR) is 211 cm³/mol. The molecule has 1 unspecified atom stereocenters. The number of imide groups is 1. The highest BCUT2D eigenvalue weighted by Crippen LogP contribution is 2.35. The Labute approximate surface area is 321 Å². The molecule has 2 aromatic heterocycles. The number of amides is 4. The van der Waals surface area contributed by atoms with Crippen LogP contribution in [0, 0.1) is 6.92 Å². The van der Waals surface area contributed by atoms with Gasteiger partial charge >= 0.3 is 0 Å². The molecule has 290 valence electrons. The van der Waals surface area contributed by atoms with E-state index < -0.39 is 5.92 Å². The summed E-state index contributed by atoms with van der Waals surface area (Å²) in [5.74, 6) is -0.125. The van der Waals surface area contributed by atoms with E-state index in [0.29, 0.717) is 36.8 Å². The lowest BCUT2D eigenvalue weighted by molar-refractivity contribution is -0.134. The third kappa shape index (κ3) is 8.91. The minimum absolute atomic E-state index is 0.0215. The third-order valence-electron chi connectivity index (χ3n) is 11.0. The number of nitrogens with zero attached hydrogens (tertiary/aromatic N) is 6. The molecule has 55 heavy (non-hydrogen) atoms. The zero-order valence-corrected chi connectivity index (χ0v) is 32.0. The van der Waals surface area contributed by atoms with Gasteiger partial charge in [-0.25, -0.2) is 4.98 Å². The summed E-state index contributed by atoms with van der Waals surface area (Å²) in [5.41, 5.74) is 5.28. The number of rotatable bonds is 13. The molecule has 2 aliphatic heterocycles. The first-order valence-corrected chi connectivity index (χ1v) is 19.4. The van der Waals surface area contributed by atoms with E-state index in [2.05, 4.69) is 59.6 Å². The molecule has 3 aliphatic rings. The van der Waals surface area contributed by atoms with Crippen LogP contribution in [0.1, 0.15) is 78.5 Å². The summed E-state index contributed by atoms with van der Waals surface area (Å²) in [6, 6.07) is 16.0. The van der Waals surface area contributed by atoms with E-state index in [1.165, 1.54) is 0 Å². The van der Waals surface area contributed by atoms with Gasteiger partial charge in [-0.3, -0.25) is 29.4 Å². The number of hydrogen-bond donors (Lipinski definition) is 3. The summed E-state index contributed by atoms with van der Waals surface area (Å²) in [7, 11) is 3.56. The first-order valence-electron chi connectivity index (χ1n) is 19.4. The van der Waals surface area contributed by atoms with Gasteiger partial charge in [-0.1, -0.05) is 18.9 Å². The van der Waals surface area contributed by atoms with Gasteiger partial charge in [-0.05, 0) is 92.7 Å². The van der Waals surface area contributed by atoms with Gasteiger partial charge in [-0.2, -0.15) is 4.98 Å². The summed E-state index contributed by atoms with van der Waals surface area (Å²) < 4.78 is 7.88. The Bertz CT molecular complexity index is 2030. The number of ether oxygens (including phenoxy) is 1. The summed E-state index contributed by atoms with van der Waals surface area (Å²) in [6.07, 6.45) is 7.81. The number of piperidine rings is 1. The first-order chi connectivity index (χ1) is 26.6. The molecule has 0 spiro atoms. The van der Waals surface area contributed by atoms with Crippen molar-refractivity contribution in [2.24, 2.45) is 0 Å². The van der Waals surface area contributed by atoms with Gasteiger partial charge in [0.2, 0.25) is 17.8 Å². The average molecular weight is 750 g/mol. The minimum atomic E-state index is -0.402. The fourth-order valence-electron chi connectivity index (χ4n) is 7.91. The summed E-state index contributed by atoms with van der Waals surface area (Å²) in [6.45, 7) is 6.97. The Morgan fingerprint density at radius 1 is 0.982 bits per heavy atom. The van der Waals surface area contributed by atoms with Gasteiger partial charge in [0, 0.05) is 82.2 Å². The van der Waals surface area contributed by atoms with E-state index in [1.807, 2.05) is 19.1 Å². The number of carbonyl (C=O) groups is 4. The number of anilines is 3. The van der Waals surface area contributed by atoms with E-state index >= 15 is 0 Å². The van der Waals surface area contributed by atoms with Crippen molar-refractivity contribution in [3.8, 4) is 5.75 Å². The van der Waals surface area contributed by atoms with Gasteiger partial charge in [0.15, 0.2) is 6.61 Å². The Morgan fingerprint density at radius 2 is 1.75 bits per heavy atom. The van der Waals surface area contributed by atoms with E-state index in [4.69, 9.17) is 9.72 Å². The van der Waals surface area contributed by atoms with Crippen LogP contribution in [0.2, 0.25) is 0 Å². The molecule has 4 amide bonds. The molecule has 0 radical (unpaired) electrons. The zero-order valence-electron chi connectivity index (χ0n) is 32.0. The third-order valence-corrected chi connectivity index (χ3v) is 11.0. The van der Waals surface area contributed by atoms with Crippen LogP contribution in [-0.2, 0) is 14.4 Å². The molecule has 2 aromatic carbocycles. The Balaban J connectivity index is 0.840. The quantitative estimate of drug-likeness (QED) is 0.131. The van der Waals surface area contributed by atoms with Gasteiger partial charge in [0.1, 0.15) is 17.1 Å². The van der Waals surface area contributed by atoms with E-state index in [-0.39, 0.29) is 36.3 Å². The number of carbonyl (C=O) groups excluding carboxylic acids is 4. The second-order valence-electron chi connectivity index (χ2n) is 15.0. The molecular weight excluding hydrogens is 699 g/mol. The molecule has 14 heteroatoms. The van der Waals surface area contributed by atoms with E-state index in [9.17, 15) is 19.2 Å². The average Bonchev–Trinajstić information content (AvgIpc) is 3.85. The number of piperazine rings is 1. The van der Waals surface area contributed by atoms with Crippen LogP contribution >= 0.6 is 0 Å². The van der Waals surface area contributed by atoms with Crippen LogP contribution in [0.5, 0.6) is 5.75 Å². The lowest BCUT2D eigenvalue weighted by Crippen LogP contribution is -2.47. The van der Waals surface area contributed by atoms with Gasteiger partial charge in [-0.15, -0.1) is 0 Å². The van der Waals surface area contributed by atoms with Crippen LogP contribution in [0.3, 0.4) is 0 Å². The molecule has 14 nitrogen and oxygen atoms in total. The number of hydrogen-bond acceptors (Lipinski definition) is 10. The predicted octanol–water partition coefficient (Wildman–Crippen LogP) is 4.53. The van der Waals surface area contributed by atoms with Crippen LogP contribution in [0.4, 0.5) is 17.3 Å². The van der Waals surface area contributed by atoms with Crippen molar-refractivity contribution in [3.05, 3.63) is 71.5 Å². The highest BCUT2D eigenvalue weighted by molar-refractivity contribution is 6.01. The maximum atomic E-state index is 13.1. The van der Waals surface area contributed by atoms with Crippen molar-refractivity contribution < 1.29 is 23.9 Å². The SMILES string of the molecule is Cc1ccc(OCC(=O)NCCCN2CCN(c3ccc(Nc4ncc5cc(C(=O)N(C)C)n(C6CCCC6)c5n4)cc3)CC2)cc1C1CCC(=O)NC1=O. The van der Waals surface area contributed by atoms with Crippen LogP contribution < -0.4 is 25.6 Å². The van der Waals surface area contributed by atoms with Crippen molar-refractivity contribution in [2.45, 2.75) is 63.8 Å². The van der Waals surface area contributed by atoms with E-state index in [1.54, 1.807) is 37.3 Å². The molecule has 1 saturated carbocycles. The number of aromatic nitrogens is 3. The number of fused-ring (bicyclic) bond motifs is 1. The van der Waals surface area contributed by atoms with Crippen molar-refractivity contribution in [1.29, 1.82) is 0 Å². The molecule has 2 saturated heterocycles. The maximum Gasteiger partial charge on any atom is 0.270 e. The number of nitrogens with one attached hydrogen (secondary N) is 3. The number of aryl methyl sites for hydroxylation is 1. The summed E-state index contributed by atoms with van der Waals surface area (Å²) in [5, 5.41) is 9.60. The molecule has 3 fully saturated rings. The molecule has 1 aliphatic carbocycles. The zero-order chi connectivity index (χ0) is 38.5. The largest absolute Gasteiger partial charge is 0.484 e. The fourth-order valence-corrected chi connectivity index (χ4v) is 7.91. The molecule has 4 heterocycles. The molecule has 7 rings (SSSR count). The van der Waals surface area contributed by atoms with Crippen LogP contribution in [0.25, 0.3) is 11.0 Å². The smallest absolute Gasteiger partial charge is 0.270 e. The number of benzene rings is 2. The van der Waals surface area contributed by atoms with Gasteiger partial charge < -0.3 is 29.7 Å². The highest BCUT2D eigenvalue weighted by atomic mass is 16.5.